The van der Waals surface area contributed by atoms with Gasteiger partial charge in [-0.15, -0.1) is 0 Å². The molecular formula is C10H19N5O2S. The van der Waals surface area contributed by atoms with Gasteiger partial charge in [0.15, 0.2) is 5.16 Å². The molecule has 0 unspecified atom stereocenters. The lowest BCUT2D eigenvalue weighted by molar-refractivity contribution is 0.200. The second-order valence-corrected chi connectivity index (χ2v) is 4.47. The maximum atomic E-state index is 5.37. The van der Waals surface area contributed by atoms with Crippen LogP contribution in [-0.4, -0.2) is 41.0 Å². The molecule has 0 aliphatic carbocycles. The van der Waals surface area contributed by atoms with Crippen LogP contribution in [-0.2, 0) is 4.74 Å². The Labute approximate surface area is 111 Å². The Kier molecular flexibility index (Phi) is 7.38. The van der Waals surface area contributed by atoms with Crippen molar-refractivity contribution >= 4 is 17.7 Å². The highest BCUT2D eigenvalue weighted by Gasteiger charge is 2.07. The van der Waals surface area contributed by atoms with E-state index in [9.17, 15) is 0 Å². The molecule has 7 nitrogen and oxygen atoms in total. The summed E-state index contributed by atoms with van der Waals surface area (Å²) in [5.74, 6) is 6.49. The fourth-order valence-corrected chi connectivity index (χ4v) is 1.83. The predicted octanol–water partition coefficient (Wildman–Crippen LogP) is 1.07. The van der Waals surface area contributed by atoms with Crippen LogP contribution in [0.2, 0.25) is 0 Å². The molecule has 0 spiro atoms. The van der Waals surface area contributed by atoms with Crippen LogP contribution in [0.4, 0.5) is 5.95 Å². The van der Waals surface area contributed by atoms with Gasteiger partial charge in [0, 0.05) is 19.5 Å². The van der Waals surface area contributed by atoms with Crippen molar-refractivity contribution in [3.63, 3.8) is 0 Å². The number of thioether (sulfide) groups is 1. The summed E-state index contributed by atoms with van der Waals surface area (Å²) < 4.78 is 10.3. The zero-order valence-electron chi connectivity index (χ0n) is 10.7. The molecule has 3 N–H and O–H groups in total. The van der Waals surface area contributed by atoms with Crippen molar-refractivity contribution < 1.29 is 9.47 Å². The number of methoxy groups -OCH3 is 1. The molecule has 0 fully saturated rings. The van der Waals surface area contributed by atoms with Gasteiger partial charge in [-0.1, -0.05) is 18.7 Å². The van der Waals surface area contributed by atoms with Crippen LogP contribution < -0.4 is 16.0 Å². The van der Waals surface area contributed by atoms with Crippen molar-refractivity contribution in [2.75, 3.05) is 31.5 Å². The third-order valence-electron chi connectivity index (χ3n) is 1.88. The average molecular weight is 273 g/mol. The Bertz CT molecular complexity index is 353. The highest BCUT2D eigenvalue weighted by Crippen LogP contribution is 2.18. The molecule has 0 atom stereocenters. The van der Waals surface area contributed by atoms with Gasteiger partial charge in [0.1, 0.15) is 0 Å². The molecule has 8 heteroatoms. The second-order valence-electron chi connectivity index (χ2n) is 3.41. The van der Waals surface area contributed by atoms with Crippen molar-refractivity contribution in [3.05, 3.63) is 0 Å². The standard InChI is InChI=1S/C10H19N5O2S/c1-3-5-17-9-12-8(15-11)13-10(14-9)18-7-4-6-16-2/h3-7,11H2,1-2H3,(H,12,13,14,15). The Morgan fingerprint density at radius 1 is 1.28 bits per heavy atom. The zero-order valence-corrected chi connectivity index (χ0v) is 11.5. The maximum Gasteiger partial charge on any atom is 0.322 e. The molecule has 0 amide bonds. The molecule has 18 heavy (non-hydrogen) atoms. The summed E-state index contributed by atoms with van der Waals surface area (Å²) in [5.41, 5.74) is 2.41. The van der Waals surface area contributed by atoms with Crippen LogP contribution in [0.1, 0.15) is 19.8 Å². The number of nitrogens with one attached hydrogen (secondary N) is 1. The average Bonchev–Trinajstić information content (AvgIpc) is 2.41. The molecule has 0 aliphatic rings. The SMILES string of the molecule is CCCOc1nc(NN)nc(SCCCOC)n1. The number of ether oxygens (including phenoxy) is 2. The number of nitrogens with two attached hydrogens (primary N) is 1. The van der Waals surface area contributed by atoms with Crippen LogP contribution in [0.5, 0.6) is 6.01 Å². The largest absolute Gasteiger partial charge is 0.463 e. The van der Waals surface area contributed by atoms with Crippen LogP contribution >= 0.6 is 11.8 Å². The summed E-state index contributed by atoms with van der Waals surface area (Å²) in [6.07, 6.45) is 1.83. The summed E-state index contributed by atoms with van der Waals surface area (Å²) in [4.78, 5) is 12.4. The van der Waals surface area contributed by atoms with E-state index in [4.69, 9.17) is 15.3 Å². The van der Waals surface area contributed by atoms with E-state index < -0.39 is 0 Å². The van der Waals surface area contributed by atoms with Crippen LogP contribution in [0.3, 0.4) is 0 Å². The van der Waals surface area contributed by atoms with E-state index >= 15 is 0 Å². The van der Waals surface area contributed by atoms with Crippen LogP contribution in [0.15, 0.2) is 5.16 Å². The molecule has 1 rings (SSSR count). The summed E-state index contributed by atoms with van der Waals surface area (Å²) >= 11 is 1.52. The molecule has 0 aromatic carbocycles. The topological polar surface area (TPSA) is 95.2 Å². The number of hydrogen-bond acceptors (Lipinski definition) is 8. The highest BCUT2D eigenvalue weighted by atomic mass is 32.2. The second kappa shape index (κ2) is 8.90. The third-order valence-corrected chi connectivity index (χ3v) is 2.82. The Balaban J connectivity index is 2.58. The van der Waals surface area contributed by atoms with Crippen molar-refractivity contribution in [2.45, 2.75) is 24.9 Å². The van der Waals surface area contributed by atoms with Gasteiger partial charge in [0.25, 0.3) is 0 Å². The first-order valence-corrected chi connectivity index (χ1v) is 6.76. The minimum Gasteiger partial charge on any atom is -0.463 e. The number of anilines is 1. The predicted molar refractivity (Wildman–Crippen MR) is 70.6 cm³/mol. The number of rotatable bonds is 9. The summed E-state index contributed by atoms with van der Waals surface area (Å²) in [7, 11) is 1.68. The summed E-state index contributed by atoms with van der Waals surface area (Å²) in [5, 5.41) is 0.597. The summed E-state index contributed by atoms with van der Waals surface area (Å²) in [6.45, 7) is 3.31. The van der Waals surface area contributed by atoms with E-state index in [0.29, 0.717) is 23.7 Å². The van der Waals surface area contributed by atoms with Crippen molar-refractivity contribution in [3.8, 4) is 6.01 Å². The van der Waals surface area contributed by atoms with E-state index in [-0.39, 0.29) is 0 Å². The lowest BCUT2D eigenvalue weighted by atomic mass is 10.5. The number of hydrazine groups is 1. The molecule has 1 aromatic rings. The van der Waals surface area contributed by atoms with E-state index in [1.807, 2.05) is 6.92 Å². The minimum atomic E-state index is 0.300. The normalized spacial score (nSPS) is 10.4. The number of hydrogen-bond donors (Lipinski definition) is 2. The van der Waals surface area contributed by atoms with E-state index in [2.05, 4.69) is 20.4 Å². The van der Waals surface area contributed by atoms with Gasteiger partial charge < -0.3 is 9.47 Å². The van der Waals surface area contributed by atoms with Gasteiger partial charge in [-0.05, 0) is 12.8 Å². The van der Waals surface area contributed by atoms with Crippen molar-refractivity contribution in [2.24, 2.45) is 5.84 Å². The fourth-order valence-electron chi connectivity index (χ4n) is 1.09. The smallest absolute Gasteiger partial charge is 0.322 e. The van der Waals surface area contributed by atoms with E-state index in [1.54, 1.807) is 7.11 Å². The van der Waals surface area contributed by atoms with Gasteiger partial charge in [0.2, 0.25) is 5.95 Å². The van der Waals surface area contributed by atoms with Crippen LogP contribution in [0, 0.1) is 0 Å². The third kappa shape index (κ3) is 5.48. The molecular weight excluding hydrogens is 254 g/mol. The fraction of sp³-hybridized carbons (Fsp3) is 0.700. The van der Waals surface area contributed by atoms with Gasteiger partial charge >= 0.3 is 6.01 Å². The lowest BCUT2D eigenvalue weighted by Crippen LogP contribution is -2.13. The molecule has 0 aliphatic heterocycles. The van der Waals surface area contributed by atoms with Crippen LogP contribution in [0.25, 0.3) is 0 Å². The number of nitrogen functional groups attached to an aromatic ring is 1. The van der Waals surface area contributed by atoms with Gasteiger partial charge in [-0.3, -0.25) is 5.43 Å². The first kappa shape index (κ1) is 14.9. The molecule has 1 aromatic heterocycles. The Morgan fingerprint density at radius 3 is 2.78 bits per heavy atom. The summed E-state index contributed by atoms with van der Waals surface area (Å²) in [6, 6.07) is 0.300. The van der Waals surface area contributed by atoms with Gasteiger partial charge in [-0.2, -0.15) is 15.0 Å². The quantitative estimate of drug-likeness (QED) is 0.298. The number of nitrogens with zero attached hydrogens (tertiary/aromatic N) is 3. The Hall–Kier alpha value is -1.12. The van der Waals surface area contributed by atoms with E-state index in [1.165, 1.54) is 11.8 Å². The maximum absolute atomic E-state index is 5.37. The lowest BCUT2D eigenvalue weighted by Gasteiger charge is -2.06. The molecule has 0 bridgehead atoms. The monoisotopic (exact) mass is 273 g/mol. The Morgan fingerprint density at radius 2 is 2.11 bits per heavy atom. The van der Waals surface area contributed by atoms with Gasteiger partial charge in [-0.25, -0.2) is 5.84 Å². The van der Waals surface area contributed by atoms with Gasteiger partial charge in [0.05, 0.1) is 6.61 Å². The minimum absolute atomic E-state index is 0.300. The first-order chi connectivity index (χ1) is 8.80. The molecule has 0 saturated heterocycles. The molecule has 1 heterocycles. The highest BCUT2D eigenvalue weighted by molar-refractivity contribution is 7.99. The molecule has 0 radical (unpaired) electrons. The van der Waals surface area contributed by atoms with Crippen molar-refractivity contribution in [1.29, 1.82) is 0 Å². The van der Waals surface area contributed by atoms with E-state index in [0.717, 1.165) is 25.2 Å². The molecule has 0 saturated carbocycles. The van der Waals surface area contributed by atoms with Crippen molar-refractivity contribution in [1.82, 2.24) is 15.0 Å². The number of aromatic nitrogens is 3. The zero-order chi connectivity index (χ0) is 13.2. The molecule has 102 valence electrons. The first-order valence-electron chi connectivity index (χ1n) is 5.77.